The first-order valence-corrected chi connectivity index (χ1v) is 8.91. The highest BCUT2D eigenvalue weighted by Gasteiger charge is 2.44. The van der Waals surface area contributed by atoms with Gasteiger partial charge in [0.15, 0.2) is 5.54 Å². The first kappa shape index (κ1) is 20.2. The molecular weight excluding hydrogens is 408 g/mol. The van der Waals surface area contributed by atoms with Crippen molar-refractivity contribution in [1.82, 2.24) is 10.2 Å². The third-order valence-corrected chi connectivity index (χ3v) is 4.83. The number of nitrogens with zero attached hydrogens (tertiary/aromatic N) is 1. The number of aliphatic hydroxyl groups excluding tert-OH is 1. The van der Waals surface area contributed by atoms with Crippen LogP contribution >= 0.6 is 15.9 Å². The Hall–Kier alpha value is -2.13. The molecule has 0 aliphatic carbocycles. The number of nitrogens with one attached hydrogen (secondary N) is 1. The number of esters is 1. The lowest BCUT2D eigenvalue weighted by molar-refractivity contribution is -0.153. The molecule has 1 unspecified atom stereocenters. The minimum absolute atomic E-state index is 0.0304. The summed E-state index contributed by atoms with van der Waals surface area (Å²) in [6, 6.07) is 5.70. The van der Waals surface area contributed by atoms with E-state index in [0.29, 0.717) is 5.56 Å². The van der Waals surface area contributed by atoms with E-state index < -0.39 is 35.7 Å². The molecular formula is C17H21BrN2O6. The molecule has 2 amide bonds. The Kier molecular flexibility index (Phi) is 6.25. The highest BCUT2D eigenvalue weighted by Crippen LogP contribution is 2.26. The van der Waals surface area contributed by atoms with Crippen LogP contribution < -0.4 is 5.32 Å². The summed E-state index contributed by atoms with van der Waals surface area (Å²) in [5.41, 5.74) is -1.00. The Labute approximate surface area is 159 Å². The van der Waals surface area contributed by atoms with Crippen LogP contribution in [-0.4, -0.2) is 58.4 Å². The van der Waals surface area contributed by atoms with Gasteiger partial charge in [0, 0.05) is 10.9 Å². The van der Waals surface area contributed by atoms with Crippen molar-refractivity contribution in [3.05, 3.63) is 34.3 Å². The first-order chi connectivity index (χ1) is 12.2. The van der Waals surface area contributed by atoms with E-state index in [4.69, 9.17) is 4.74 Å². The van der Waals surface area contributed by atoms with E-state index >= 15 is 0 Å². The molecule has 3 N–H and O–H groups in total. The van der Waals surface area contributed by atoms with E-state index in [1.165, 1.54) is 6.92 Å². The van der Waals surface area contributed by atoms with Gasteiger partial charge in [0.05, 0.1) is 19.3 Å². The van der Waals surface area contributed by atoms with Crippen LogP contribution in [0.1, 0.15) is 25.8 Å². The zero-order chi connectivity index (χ0) is 19.5. The van der Waals surface area contributed by atoms with Crippen molar-refractivity contribution in [1.29, 1.82) is 0 Å². The number of rotatable bonds is 5. The Morgan fingerprint density at radius 3 is 2.50 bits per heavy atom. The lowest BCUT2D eigenvalue weighted by atomic mass is 9.91. The van der Waals surface area contributed by atoms with Crippen LogP contribution in [0.2, 0.25) is 0 Å². The fourth-order valence-corrected chi connectivity index (χ4v) is 3.17. The largest absolute Gasteiger partial charge is 0.465 e. The van der Waals surface area contributed by atoms with Gasteiger partial charge in [-0.05, 0) is 31.5 Å². The molecule has 1 heterocycles. The Bertz CT molecular complexity index is 695. The minimum atomic E-state index is -1.49. The van der Waals surface area contributed by atoms with Gasteiger partial charge in [-0.25, -0.2) is 9.59 Å². The number of ether oxygens (including phenoxy) is 1. The molecule has 0 bridgehead atoms. The van der Waals surface area contributed by atoms with Gasteiger partial charge >= 0.3 is 12.1 Å². The number of amides is 2. The lowest BCUT2D eigenvalue weighted by Crippen LogP contribution is -2.55. The molecule has 2 rings (SSSR count). The van der Waals surface area contributed by atoms with Crippen LogP contribution in [-0.2, 0) is 19.9 Å². The zero-order valence-electron chi connectivity index (χ0n) is 14.4. The summed E-state index contributed by atoms with van der Waals surface area (Å²) >= 11 is 3.31. The molecule has 0 saturated carbocycles. The second-order valence-electron chi connectivity index (χ2n) is 6.18. The molecule has 9 heteroatoms. The predicted molar refractivity (Wildman–Crippen MR) is 95.4 cm³/mol. The number of likely N-dealkylation sites (tertiary alicyclic amines) is 1. The highest BCUT2D eigenvalue weighted by molar-refractivity contribution is 9.10. The average molecular weight is 429 g/mol. The number of aliphatic hydroxyl groups is 1. The van der Waals surface area contributed by atoms with E-state index in [1.807, 2.05) is 0 Å². The van der Waals surface area contributed by atoms with Crippen molar-refractivity contribution in [2.24, 2.45) is 0 Å². The van der Waals surface area contributed by atoms with Crippen molar-refractivity contribution < 1.29 is 29.3 Å². The third kappa shape index (κ3) is 4.16. The van der Waals surface area contributed by atoms with E-state index in [2.05, 4.69) is 21.2 Å². The van der Waals surface area contributed by atoms with Gasteiger partial charge in [-0.15, -0.1) is 0 Å². The summed E-state index contributed by atoms with van der Waals surface area (Å²) in [5.74, 6) is -1.32. The molecule has 142 valence electrons. The van der Waals surface area contributed by atoms with E-state index in [0.717, 1.165) is 9.37 Å². The van der Waals surface area contributed by atoms with Gasteiger partial charge < -0.3 is 20.3 Å². The summed E-state index contributed by atoms with van der Waals surface area (Å²) in [6.45, 7) is 3.13. The quantitative estimate of drug-likeness (QED) is 0.611. The molecule has 0 radical (unpaired) electrons. The second-order valence-corrected chi connectivity index (χ2v) is 7.10. The molecule has 1 aromatic rings. The maximum absolute atomic E-state index is 12.7. The second kappa shape index (κ2) is 8.05. The third-order valence-electron chi connectivity index (χ3n) is 4.31. The molecule has 3 atom stereocenters. The van der Waals surface area contributed by atoms with Gasteiger partial charge in [0.25, 0.3) is 0 Å². The maximum atomic E-state index is 12.7. The van der Waals surface area contributed by atoms with Crippen LogP contribution in [0.25, 0.3) is 0 Å². The molecule has 1 aliphatic heterocycles. The number of carboxylic acid groups (broad SMARTS) is 1. The van der Waals surface area contributed by atoms with E-state index in [9.17, 15) is 24.6 Å². The minimum Gasteiger partial charge on any atom is -0.465 e. The van der Waals surface area contributed by atoms with Crippen molar-refractivity contribution in [3.8, 4) is 0 Å². The van der Waals surface area contributed by atoms with Crippen LogP contribution in [0, 0.1) is 0 Å². The van der Waals surface area contributed by atoms with Crippen molar-refractivity contribution >= 4 is 33.9 Å². The zero-order valence-corrected chi connectivity index (χ0v) is 16.0. The Morgan fingerprint density at radius 2 is 1.96 bits per heavy atom. The monoisotopic (exact) mass is 428 g/mol. The number of hydrogen-bond acceptors (Lipinski definition) is 5. The summed E-state index contributed by atoms with van der Waals surface area (Å²) in [4.78, 5) is 37.5. The molecule has 8 nitrogen and oxygen atoms in total. The van der Waals surface area contributed by atoms with Crippen LogP contribution in [0.3, 0.4) is 0 Å². The maximum Gasteiger partial charge on any atom is 0.408 e. The van der Waals surface area contributed by atoms with Gasteiger partial charge in [-0.3, -0.25) is 9.69 Å². The number of carbonyl (C=O) groups is 3. The number of hydrogen-bond donors (Lipinski definition) is 3. The summed E-state index contributed by atoms with van der Waals surface area (Å²) < 4.78 is 5.91. The molecule has 1 aromatic carbocycles. The highest BCUT2D eigenvalue weighted by atomic mass is 79.9. The topological polar surface area (TPSA) is 116 Å². The Balaban J connectivity index is 2.31. The van der Waals surface area contributed by atoms with Gasteiger partial charge in [0.1, 0.15) is 6.04 Å². The van der Waals surface area contributed by atoms with Crippen LogP contribution in [0.15, 0.2) is 28.7 Å². The normalized spacial score (nSPS) is 21.8. The van der Waals surface area contributed by atoms with Crippen molar-refractivity contribution in [2.45, 2.75) is 38.0 Å². The van der Waals surface area contributed by atoms with E-state index in [1.54, 1.807) is 31.2 Å². The number of carbonyl (C=O) groups excluding carboxylic acids is 2. The van der Waals surface area contributed by atoms with Crippen molar-refractivity contribution in [3.63, 3.8) is 0 Å². The SMILES string of the molecule is CCOC(=O)C(C)(NC(=O)[C@@H]1C[C@@H](O)CN1C(=O)O)c1ccc(Br)cc1. The molecule has 0 aromatic heterocycles. The van der Waals surface area contributed by atoms with E-state index in [-0.39, 0.29) is 19.6 Å². The Morgan fingerprint density at radius 1 is 1.35 bits per heavy atom. The summed E-state index contributed by atoms with van der Waals surface area (Å²) in [5, 5.41) is 21.6. The number of benzene rings is 1. The fraction of sp³-hybridized carbons (Fsp3) is 0.471. The summed E-state index contributed by atoms with van der Waals surface area (Å²) in [7, 11) is 0. The van der Waals surface area contributed by atoms with Crippen molar-refractivity contribution in [2.75, 3.05) is 13.2 Å². The van der Waals surface area contributed by atoms with Crippen LogP contribution in [0.4, 0.5) is 4.79 Å². The predicted octanol–water partition coefficient (Wildman–Crippen LogP) is 1.46. The van der Waals surface area contributed by atoms with Gasteiger partial charge in [-0.1, -0.05) is 28.1 Å². The number of halogens is 1. The smallest absolute Gasteiger partial charge is 0.408 e. The van der Waals surface area contributed by atoms with Crippen LogP contribution in [0.5, 0.6) is 0 Å². The molecule has 1 fully saturated rings. The first-order valence-electron chi connectivity index (χ1n) is 8.12. The number of β-amino-alcohol motifs (C(OH)–C–C–N with tert-alkyl or cyclic N) is 1. The van der Waals surface area contributed by atoms with Gasteiger partial charge in [0.2, 0.25) is 5.91 Å². The molecule has 0 spiro atoms. The molecule has 26 heavy (non-hydrogen) atoms. The standard InChI is InChI=1S/C17H21BrN2O6/c1-3-26-15(23)17(2,10-4-6-11(18)7-5-10)19-14(22)13-8-12(21)9-20(13)16(24)25/h4-7,12-13,21H,3,8-9H2,1-2H3,(H,19,22)(H,24,25)/t12-,13+,17?/m1/s1. The fourth-order valence-electron chi connectivity index (χ4n) is 2.90. The molecule has 1 aliphatic rings. The molecule has 1 saturated heterocycles. The average Bonchev–Trinajstić information content (AvgIpc) is 2.98. The van der Waals surface area contributed by atoms with Gasteiger partial charge in [-0.2, -0.15) is 0 Å². The summed E-state index contributed by atoms with van der Waals surface area (Å²) in [6.07, 6.45) is -2.26. The lowest BCUT2D eigenvalue weighted by Gasteiger charge is -2.31.